The van der Waals surface area contributed by atoms with Gasteiger partial charge in [0.1, 0.15) is 0 Å². The number of hydrogen-bond donors (Lipinski definition) is 1. The molecule has 0 saturated heterocycles. The van der Waals surface area contributed by atoms with Crippen molar-refractivity contribution in [2.24, 2.45) is 0 Å². The van der Waals surface area contributed by atoms with Crippen molar-refractivity contribution in [1.29, 1.82) is 0 Å². The molecule has 0 aliphatic rings. The lowest BCUT2D eigenvalue weighted by Crippen LogP contribution is -1.94. The first-order valence-electron chi connectivity index (χ1n) is 2.46. The predicted octanol–water partition coefficient (Wildman–Crippen LogP) is -0.0676. The molecular weight excluding hydrogens is 180 g/mol. The molecule has 1 aromatic heterocycles. The molecule has 0 bridgehead atoms. The largest absolute Gasteiger partial charge is 0.367 e. The van der Waals surface area contributed by atoms with Gasteiger partial charge in [-0.15, -0.1) is 0 Å². The van der Waals surface area contributed by atoms with Crippen LogP contribution in [0.3, 0.4) is 0 Å². The fourth-order valence-corrected chi connectivity index (χ4v) is 0.817. The maximum absolute atomic E-state index is 12.0. The number of hydrogen-bond acceptors (Lipinski definition) is 4. The molecule has 0 aliphatic carbocycles. The zero-order chi connectivity index (χ0) is 8.48. The lowest BCUT2D eigenvalue weighted by Gasteiger charge is -1.81. The summed E-state index contributed by atoms with van der Waals surface area (Å²) >= 11 is 0. The molecule has 0 fully saturated rings. The molecule has 1 rings (SSSR count). The second-order valence-electron chi connectivity index (χ2n) is 1.63. The average Bonchev–Trinajstić information content (AvgIpc) is 2.32. The molecule has 0 aliphatic heterocycles. The summed E-state index contributed by atoms with van der Waals surface area (Å²) in [7, 11) is -4.89. The number of nitrogens with zero attached hydrogens (tertiary/aromatic N) is 2. The van der Waals surface area contributed by atoms with Gasteiger partial charge in [0.15, 0.2) is 12.5 Å². The molecule has 11 heavy (non-hydrogen) atoms. The molecule has 1 heterocycles. The van der Waals surface area contributed by atoms with Crippen molar-refractivity contribution in [3.63, 3.8) is 0 Å². The van der Waals surface area contributed by atoms with Gasteiger partial charge in [-0.05, 0) is 0 Å². The van der Waals surface area contributed by atoms with Gasteiger partial charge < -0.3 is 0 Å². The van der Waals surface area contributed by atoms with Crippen LogP contribution in [0.25, 0.3) is 0 Å². The number of aromatic nitrogens is 3. The third kappa shape index (κ3) is 1.70. The number of nitrogens with one attached hydrogen (secondary N) is 1. The summed E-state index contributed by atoms with van der Waals surface area (Å²) in [5.41, 5.74) is 0. The molecule has 0 spiro atoms. The molecule has 0 radical (unpaired) electrons. The van der Waals surface area contributed by atoms with E-state index in [4.69, 9.17) is 0 Å². The Morgan fingerprint density at radius 1 is 1.55 bits per heavy atom. The summed E-state index contributed by atoms with van der Waals surface area (Å²) in [5, 5.41) is 3.84. The lowest BCUT2D eigenvalue weighted by atomic mass is 10.7. The number of alkyl halides is 1. The Kier molecular flexibility index (Phi) is 1.85. The maximum atomic E-state index is 12.0. The van der Waals surface area contributed by atoms with Crippen LogP contribution in [0, 0.1) is 0 Å². The second-order valence-corrected chi connectivity index (χ2v) is 2.89. The van der Waals surface area contributed by atoms with Crippen molar-refractivity contribution in [2.45, 2.75) is 11.8 Å². The van der Waals surface area contributed by atoms with Gasteiger partial charge in [0.05, 0.1) is 0 Å². The minimum absolute atomic E-state index is 0.388. The van der Waals surface area contributed by atoms with E-state index in [-0.39, 0.29) is 5.82 Å². The minimum atomic E-state index is -4.89. The van der Waals surface area contributed by atoms with Gasteiger partial charge in [0.2, 0.25) is 0 Å². The van der Waals surface area contributed by atoms with Gasteiger partial charge in [0.25, 0.3) is 5.16 Å². The van der Waals surface area contributed by atoms with Crippen molar-refractivity contribution in [2.75, 3.05) is 0 Å². The number of aromatic amines is 1. The van der Waals surface area contributed by atoms with Gasteiger partial charge in [-0.25, -0.2) is 9.49 Å². The van der Waals surface area contributed by atoms with Crippen LogP contribution in [0.2, 0.25) is 0 Å². The Hall–Kier alpha value is -1.05. The Balaban J connectivity index is 3.09. The van der Waals surface area contributed by atoms with Gasteiger partial charge >= 0.3 is 10.2 Å². The highest BCUT2D eigenvalue weighted by Gasteiger charge is 2.17. The molecule has 0 amide bonds. The van der Waals surface area contributed by atoms with E-state index < -0.39 is 22.1 Å². The number of H-pyrrole nitrogens is 1. The van der Waals surface area contributed by atoms with Crippen LogP contribution >= 0.6 is 0 Å². The van der Waals surface area contributed by atoms with E-state index in [0.717, 1.165) is 0 Å². The predicted molar refractivity (Wildman–Crippen MR) is 29.5 cm³/mol. The quantitative estimate of drug-likeness (QED) is 0.651. The Labute approximate surface area is 60.7 Å². The van der Waals surface area contributed by atoms with Crippen LogP contribution in [0.15, 0.2) is 5.16 Å². The van der Waals surface area contributed by atoms with Crippen molar-refractivity contribution >= 4 is 10.2 Å². The van der Waals surface area contributed by atoms with E-state index in [0.29, 0.717) is 0 Å². The van der Waals surface area contributed by atoms with Gasteiger partial charge in [-0.2, -0.15) is 18.5 Å². The Morgan fingerprint density at radius 3 is 2.45 bits per heavy atom. The fourth-order valence-electron chi connectivity index (χ4n) is 0.448. The summed E-state index contributed by atoms with van der Waals surface area (Å²) in [6.45, 7) is -1.04. The van der Waals surface area contributed by atoms with Crippen LogP contribution in [-0.2, 0) is 16.9 Å². The van der Waals surface area contributed by atoms with Gasteiger partial charge in [-0.1, -0.05) is 3.89 Å². The molecule has 0 unspecified atom stereocenters. The number of halogens is 2. The first-order chi connectivity index (χ1) is 5.04. The summed E-state index contributed by atoms with van der Waals surface area (Å²) in [5.74, 6) is -0.388. The highest BCUT2D eigenvalue weighted by molar-refractivity contribution is 7.86. The summed E-state index contributed by atoms with van der Waals surface area (Å²) in [6, 6.07) is 0. The molecule has 1 aromatic rings. The van der Waals surface area contributed by atoms with E-state index in [1.807, 2.05) is 0 Å². The smallest absolute Gasteiger partial charge is 0.247 e. The zero-order valence-electron chi connectivity index (χ0n) is 5.08. The molecule has 62 valence electrons. The lowest BCUT2D eigenvalue weighted by molar-refractivity contribution is 0.466. The van der Waals surface area contributed by atoms with Crippen LogP contribution in [0.5, 0.6) is 0 Å². The van der Waals surface area contributed by atoms with Gasteiger partial charge in [-0.3, -0.25) is 0 Å². The Bertz CT molecular complexity index is 345. The average molecular weight is 183 g/mol. The summed E-state index contributed by atoms with van der Waals surface area (Å²) in [6.07, 6.45) is 0. The normalized spacial score (nSPS) is 11.8. The van der Waals surface area contributed by atoms with E-state index in [1.54, 1.807) is 5.10 Å². The van der Waals surface area contributed by atoms with Crippen molar-refractivity contribution < 1.29 is 16.7 Å². The van der Waals surface area contributed by atoms with E-state index in [9.17, 15) is 16.7 Å². The van der Waals surface area contributed by atoms with Crippen LogP contribution in [0.4, 0.5) is 8.28 Å². The molecule has 0 saturated carbocycles. The van der Waals surface area contributed by atoms with Crippen molar-refractivity contribution in [3.05, 3.63) is 5.82 Å². The summed E-state index contributed by atoms with van der Waals surface area (Å²) < 4.78 is 43.7. The molecular formula is C3H3F2N3O2S. The first-order valence-corrected chi connectivity index (χ1v) is 3.84. The zero-order valence-corrected chi connectivity index (χ0v) is 5.90. The van der Waals surface area contributed by atoms with E-state index in [2.05, 4.69) is 10.1 Å². The first kappa shape index (κ1) is 8.05. The molecule has 8 heteroatoms. The summed E-state index contributed by atoms with van der Waals surface area (Å²) in [4.78, 5) is 3.00. The molecule has 5 nitrogen and oxygen atoms in total. The second kappa shape index (κ2) is 2.53. The van der Waals surface area contributed by atoms with Crippen LogP contribution < -0.4 is 0 Å². The number of rotatable bonds is 2. The van der Waals surface area contributed by atoms with E-state index in [1.165, 1.54) is 0 Å². The van der Waals surface area contributed by atoms with Crippen LogP contribution in [-0.4, -0.2) is 23.6 Å². The topological polar surface area (TPSA) is 75.7 Å². The SMILES string of the molecule is O=S(=O)(F)c1nc(CF)n[nH]1. The Morgan fingerprint density at radius 2 is 2.18 bits per heavy atom. The molecule has 0 aromatic carbocycles. The van der Waals surface area contributed by atoms with Crippen molar-refractivity contribution in [1.82, 2.24) is 15.2 Å². The fraction of sp³-hybridized carbons (Fsp3) is 0.333. The standard InChI is InChI=1S/C3H3F2N3O2S/c4-1-2-6-3(8-7-2)11(5,9)10/h1H2,(H,6,7,8). The monoisotopic (exact) mass is 183 g/mol. The third-order valence-corrected chi connectivity index (χ3v) is 1.51. The van der Waals surface area contributed by atoms with Crippen LogP contribution in [0.1, 0.15) is 5.82 Å². The third-order valence-electron chi connectivity index (χ3n) is 0.862. The minimum Gasteiger partial charge on any atom is -0.247 e. The highest BCUT2D eigenvalue weighted by Crippen LogP contribution is 2.04. The maximum Gasteiger partial charge on any atom is 0.367 e. The van der Waals surface area contributed by atoms with Crippen molar-refractivity contribution in [3.8, 4) is 0 Å². The van der Waals surface area contributed by atoms with E-state index >= 15 is 0 Å². The highest BCUT2D eigenvalue weighted by atomic mass is 32.3. The molecule has 0 atom stereocenters. The van der Waals surface area contributed by atoms with Gasteiger partial charge in [0, 0.05) is 0 Å². The molecule has 1 N–H and O–H groups in total.